The van der Waals surface area contributed by atoms with Gasteiger partial charge >= 0.3 is 13.8 Å². The molecule has 0 radical (unpaired) electrons. The van der Waals surface area contributed by atoms with Gasteiger partial charge in [-0.2, -0.15) is 13.2 Å². The highest BCUT2D eigenvalue weighted by atomic mass is 31.2. The summed E-state index contributed by atoms with van der Waals surface area (Å²) in [6.07, 6.45) is -2.85. The lowest BCUT2D eigenvalue weighted by molar-refractivity contribution is -0.137. The van der Waals surface area contributed by atoms with Crippen LogP contribution in [0, 0.1) is 0 Å². The lowest BCUT2D eigenvalue weighted by atomic mass is 10.1. The summed E-state index contributed by atoms with van der Waals surface area (Å²) < 4.78 is 62.4. The van der Waals surface area contributed by atoms with Gasteiger partial charge in [0.25, 0.3) is 0 Å². The van der Waals surface area contributed by atoms with Crippen LogP contribution < -0.4 is 5.32 Å². The number of hydrogen-bond acceptors (Lipinski definition) is 4. The topological polar surface area (TPSA) is 63.4 Å². The average Bonchev–Trinajstić information content (AvgIpc) is 3.09. The van der Waals surface area contributed by atoms with Crippen molar-refractivity contribution in [2.45, 2.75) is 12.0 Å². The summed E-state index contributed by atoms with van der Waals surface area (Å²) in [5.74, 6) is -1.01. The average molecular weight is 398 g/mol. The van der Waals surface area contributed by atoms with Gasteiger partial charge in [-0.3, -0.25) is 4.57 Å². The minimum atomic E-state index is -4.49. The second-order valence-electron chi connectivity index (χ2n) is 5.82. The predicted octanol–water partition coefficient (Wildman–Crippen LogP) is 5.78. The first-order valence-corrected chi connectivity index (χ1v) is 9.60. The van der Waals surface area contributed by atoms with Gasteiger partial charge in [0.1, 0.15) is 0 Å². The van der Waals surface area contributed by atoms with Crippen LogP contribution in [0.15, 0.2) is 54.7 Å². The van der Waals surface area contributed by atoms with Gasteiger partial charge in [0, 0.05) is 42.6 Å². The van der Waals surface area contributed by atoms with Gasteiger partial charge in [-0.05, 0) is 24.3 Å². The smallest absolute Gasteiger partial charge is 0.368 e. The van der Waals surface area contributed by atoms with Crippen LogP contribution in [0.1, 0.15) is 16.9 Å². The Labute approximate surface area is 154 Å². The van der Waals surface area contributed by atoms with E-state index in [1.807, 2.05) is 24.3 Å². The van der Waals surface area contributed by atoms with Crippen LogP contribution in [-0.2, 0) is 19.8 Å². The third-order valence-electron chi connectivity index (χ3n) is 4.23. The molecule has 0 bridgehead atoms. The Bertz CT molecular complexity index is 979. The normalized spacial score (nSPS) is 13.7. The largest absolute Gasteiger partial charge is 0.416 e. The summed E-state index contributed by atoms with van der Waals surface area (Å²) in [4.78, 5) is 3.06. The highest BCUT2D eigenvalue weighted by Gasteiger charge is 2.38. The fraction of sp³-hybridized carbons (Fsp3) is 0.222. The minimum Gasteiger partial charge on any atom is -0.368 e. The van der Waals surface area contributed by atoms with Gasteiger partial charge in [0.15, 0.2) is 5.78 Å². The highest BCUT2D eigenvalue weighted by molar-refractivity contribution is 7.54. The molecule has 1 aromatic heterocycles. The molecule has 144 valence electrons. The maximum Gasteiger partial charge on any atom is 0.416 e. The number of H-pyrrole nitrogens is 1. The third-order valence-corrected chi connectivity index (χ3v) is 6.29. The second kappa shape index (κ2) is 7.38. The molecule has 2 N–H and O–H groups in total. The Morgan fingerprint density at radius 1 is 1.07 bits per heavy atom. The van der Waals surface area contributed by atoms with Gasteiger partial charge in [-0.25, -0.2) is 0 Å². The van der Waals surface area contributed by atoms with E-state index in [-0.39, 0.29) is 5.69 Å². The molecular weight excluding hydrogens is 380 g/mol. The number of benzene rings is 2. The minimum absolute atomic E-state index is 0.148. The first-order chi connectivity index (χ1) is 12.8. The third kappa shape index (κ3) is 3.88. The summed E-state index contributed by atoms with van der Waals surface area (Å²) in [7, 11) is -1.25. The summed E-state index contributed by atoms with van der Waals surface area (Å²) in [5, 5.41) is 3.66. The van der Waals surface area contributed by atoms with Crippen molar-refractivity contribution < 1.29 is 26.8 Å². The van der Waals surface area contributed by atoms with E-state index in [9.17, 15) is 17.7 Å². The number of hydrogen-bond donors (Lipinski definition) is 2. The van der Waals surface area contributed by atoms with E-state index >= 15 is 0 Å². The van der Waals surface area contributed by atoms with Crippen molar-refractivity contribution in [3.63, 3.8) is 0 Å². The first kappa shape index (κ1) is 19.5. The maximum absolute atomic E-state index is 13.1. The number of nitrogens with one attached hydrogen (secondary N) is 2. The molecule has 0 amide bonds. The molecule has 1 atom stereocenters. The molecule has 3 rings (SSSR count). The SMILES string of the molecule is COP(=O)(OC)[C@H](Nc1cccc(C(F)(F)F)c1)c1c[nH]c2ccccc12. The van der Waals surface area contributed by atoms with E-state index < -0.39 is 25.1 Å². The van der Waals surface area contributed by atoms with E-state index in [0.717, 1.165) is 23.0 Å². The van der Waals surface area contributed by atoms with Gasteiger partial charge in [-0.15, -0.1) is 0 Å². The highest BCUT2D eigenvalue weighted by Crippen LogP contribution is 2.60. The van der Waals surface area contributed by atoms with E-state index in [4.69, 9.17) is 9.05 Å². The van der Waals surface area contributed by atoms with E-state index in [2.05, 4.69) is 10.3 Å². The zero-order valence-corrected chi connectivity index (χ0v) is 15.5. The summed E-state index contributed by atoms with van der Waals surface area (Å²) in [6.45, 7) is 0. The number of aromatic nitrogens is 1. The van der Waals surface area contributed by atoms with E-state index in [0.29, 0.717) is 5.56 Å². The Kier molecular flexibility index (Phi) is 5.33. The molecule has 3 aromatic rings. The second-order valence-corrected chi connectivity index (χ2v) is 8.15. The summed E-state index contributed by atoms with van der Waals surface area (Å²) in [5.41, 5.74) is 0.696. The molecule has 0 unspecified atom stereocenters. The molecular formula is C18H18F3N2O3P. The summed E-state index contributed by atoms with van der Waals surface area (Å²) >= 11 is 0. The quantitative estimate of drug-likeness (QED) is 0.517. The van der Waals surface area contributed by atoms with Crippen molar-refractivity contribution >= 4 is 24.2 Å². The van der Waals surface area contributed by atoms with E-state index in [1.165, 1.54) is 26.4 Å². The van der Waals surface area contributed by atoms with Crippen LogP contribution in [0.25, 0.3) is 10.9 Å². The monoisotopic (exact) mass is 398 g/mol. The molecule has 0 aliphatic heterocycles. The van der Waals surface area contributed by atoms with Gasteiger partial charge in [0.2, 0.25) is 0 Å². The summed E-state index contributed by atoms with van der Waals surface area (Å²) in [6, 6.07) is 12.0. The Balaban J connectivity index is 2.08. The molecule has 0 aliphatic carbocycles. The van der Waals surface area contributed by atoms with Crippen molar-refractivity contribution in [2.24, 2.45) is 0 Å². The first-order valence-electron chi connectivity index (χ1n) is 7.99. The van der Waals surface area contributed by atoms with Crippen molar-refractivity contribution in [1.29, 1.82) is 0 Å². The van der Waals surface area contributed by atoms with Gasteiger partial charge in [-0.1, -0.05) is 24.3 Å². The van der Waals surface area contributed by atoms with Crippen LogP contribution in [0.3, 0.4) is 0 Å². The molecule has 0 fully saturated rings. The van der Waals surface area contributed by atoms with Crippen molar-refractivity contribution in [1.82, 2.24) is 4.98 Å². The number of anilines is 1. The predicted molar refractivity (Wildman–Crippen MR) is 97.7 cm³/mol. The van der Waals surface area contributed by atoms with Crippen LogP contribution in [0.5, 0.6) is 0 Å². The van der Waals surface area contributed by atoms with Gasteiger partial charge in [0.05, 0.1) is 5.56 Å². The molecule has 1 heterocycles. The molecule has 5 nitrogen and oxygen atoms in total. The van der Waals surface area contributed by atoms with Crippen LogP contribution >= 0.6 is 7.60 Å². The Hall–Kier alpha value is -2.28. The molecule has 27 heavy (non-hydrogen) atoms. The molecule has 0 saturated heterocycles. The number of rotatable bonds is 6. The number of halogens is 3. The van der Waals surface area contributed by atoms with Crippen molar-refractivity contribution in [3.8, 4) is 0 Å². The van der Waals surface area contributed by atoms with Crippen molar-refractivity contribution in [2.75, 3.05) is 19.5 Å². The van der Waals surface area contributed by atoms with Gasteiger partial charge < -0.3 is 19.3 Å². The number of alkyl halides is 3. The van der Waals surface area contributed by atoms with Crippen LogP contribution in [0.2, 0.25) is 0 Å². The fourth-order valence-corrected chi connectivity index (χ4v) is 4.31. The molecule has 0 spiro atoms. The number of aromatic amines is 1. The van der Waals surface area contributed by atoms with Crippen LogP contribution in [0.4, 0.5) is 18.9 Å². The molecule has 9 heteroatoms. The van der Waals surface area contributed by atoms with E-state index in [1.54, 1.807) is 6.20 Å². The van der Waals surface area contributed by atoms with Crippen LogP contribution in [-0.4, -0.2) is 19.2 Å². The maximum atomic E-state index is 13.1. The lowest BCUT2D eigenvalue weighted by Crippen LogP contribution is -2.14. The zero-order chi connectivity index (χ0) is 19.7. The molecule has 0 aliphatic rings. The molecule has 0 saturated carbocycles. The number of fused-ring (bicyclic) bond motifs is 1. The number of para-hydroxylation sites is 1. The zero-order valence-electron chi connectivity index (χ0n) is 14.6. The van der Waals surface area contributed by atoms with Crippen molar-refractivity contribution in [3.05, 3.63) is 65.9 Å². The Morgan fingerprint density at radius 2 is 1.78 bits per heavy atom. The standard InChI is InChI=1S/C18H18F3N2O3P/c1-25-27(24,26-2)17(15-11-22-16-9-4-3-8-14(15)16)23-13-7-5-6-12(10-13)18(19,20)21/h3-11,17,22-23H,1-2H3/t17-/m0/s1. The Morgan fingerprint density at radius 3 is 2.44 bits per heavy atom. The lowest BCUT2D eigenvalue weighted by Gasteiger charge is -2.26. The molecule has 2 aromatic carbocycles. The fourth-order valence-electron chi connectivity index (χ4n) is 2.88.